The van der Waals surface area contributed by atoms with Crippen LogP contribution < -0.4 is 0 Å². The Labute approximate surface area is 112 Å². The van der Waals surface area contributed by atoms with Gasteiger partial charge in [-0.1, -0.05) is 43.5 Å². The van der Waals surface area contributed by atoms with E-state index in [1.165, 1.54) is 0 Å². The fourth-order valence-corrected chi connectivity index (χ4v) is 2.68. The first kappa shape index (κ1) is 11.4. The minimum absolute atomic E-state index is 0.0424. The van der Waals surface area contributed by atoms with Gasteiger partial charge in [0.15, 0.2) is 5.15 Å². The maximum atomic E-state index is 5.93. The monoisotopic (exact) mass is 367 g/mol. The molecule has 0 aliphatic heterocycles. The van der Waals surface area contributed by atoms with Gasteiger partial charge in [-0.05, 0) is 11.6 Å². The van der Waals surface area contributed by atoms with Crippen molar-refractivity contribution in [1.82, 2.24) is 13.7 Å². The molecular formula is C8H4Br2ClN3S. The number of nitrogens with zero attached hydrogens (tertiary/aromatic N) is 3. The van der Waals surface area contributed by atoms with Crippen LogP contribution in [0.15, 0.2) is 18.5 Å². The van der Waals surface area contributed by atoms with E-state index in [-0.39, 0.29) is 3.74 Å². The summed E-state index contributed by atoms with van der Waals surface area (Å²) in [7, 11) is 0. The molecule has 2 heterocycles. The molecule has 0 atom stereocenters. The second kappa shape index (κ2) is 4.86. The zero-order valence-electron chi connectivity index (χ0n) is 7.19. The van der Waals surface area contributed by atoms with Gasteiger partial charge < -0.3 is 0 Å². The molecule has 0 N–H and O–H groups in total. The highest BCUT2D eigenvalue weighted by Gasteiger charge is 2.15. The standard InChI is InChI=1S/C8H4Br2ClN3S/c9-7(10)4-1-2-12-3-5(4)6-8(11)14-15-13-6/h1-3,7H. The summed E-state index contributed by atoms with van der Waals surface area (Å²) in [6.07, 6.45) is 3.45. The lowest BCUT2D eigenvalue weighted by Gasteiger charge is -2.07. The van der Waals surface area contributed by atoms with Gasteiger partial charge in [-0.3, -0.25) is 4.98 Å². The summed E-state index contributed by atoms with van der Waals surface area (Å²) < 4.78 is 8.12. The molecular weight excluding hydrogens is 365 g/mol. The molecule has 0 aromatic carbocycles. The van der Waals surface area contributed by atoms with Crippen molar-refractivity contribution in [3.8, 4) is 11.3 Å². The first-order chi connectivity index (χ1) is 7.20. The molecule has 0 spiro atoms. The van der Waals surface area contributed by atoms with Crippen LogP contribution in [-0.2, 0) is 0 Å². The van der Waals surface area contributed by atoms with E-state index >= 15 is 0 Å². The summed E-state index contributed by atoms with van der Waals surface area (Å²) in [6.45, 7) is 0. The first-order valence-electron chi connectivity index (χ1n) is 3.90. The number of aromatic nitrogens is 3. The predicted octanol–water partition coefficient (Wildman–Crippen LogP) is 4.04. The van der Waals surface area contributed by atoms with Crippen LogP contribution in [0, 0.1) is 0 Å². The van der Waals surface area contributed by atoms with Crippen molar-refractivity contribution in [3.63, 3.8) is 0 Å². The Morgan fingerprint density at radius 3 is 2.73 bits per heavy atom. The Hall–Kier alpha value is -0.0400. The van der Waals surface area contributed by atoms with Crippen LogP contribution in [0.2, 0.25) is 5.15 Å². The van der Waals surface area contributed by atoms with Gasteiger partial charge in [0.1, 0.15) is 5.69 Å². The van der Waals surface area contributed by atoms with Crippen molar-refractivity contribution >= 4 is 55.2 Å². The van der Waals surface area contributed by atoms with Gasteiger partial charge in [-0.25, -0.2) is 0 Å². The number of hydrogen-bond acceptors (Lipinski definition) is 4. The van der Waals surface area contributed by atoms with Crippen LogP contribution in [0.5, 0.6) is 0 Å². The average Bonchev–Trinajstić information content (AvgIpc) is 2.64. The van der Waals surface area contributed by atoms with Gasteiger partial charge in [0.2, 0.25) is 0 Å². The summed E-state index contributed by atoms with van der Waals surface area (Å²) in [5.41, 5.74) is 2.59. The lowest BCUT2D eigenvalue weighted by molar-refractivity contribution is 1.26. The van der Waals surface area contributed by atoms with Crippen LogP contribution in [0.1, 0.15) is 9.30 Å². The van der Waals surface area contributed by atoms with E-state index in [4.69, 9.17) is 11.6 Å². The minimum Gasteiger partial charge on any atom is -0.264 e. The van der Waals surface area contributed by atoms with Gasteiger partial charge in [-0.15, -0.1) is 0 Å². The fourth-order valence-electron chi connectivity index (χ4n) is 1.13. The van der Waals surface area contributed by atoms with Crippen molar-refractivity contribution in [2.75, 3.05) is 0 Å². The number of alkyl halides is 2. The Balaban J connectivity index is 2.58. The topological polar surface area (TPSA) is 38.7 Å². The highest BCUT2D eigenvalue weighted by Crippen LogP contribution is 2.37. The maximum Gasteiger partial charge on any atom is 0.170 e. The SMILES string of the molecule is Clc1nsnc1-c1cnccc1C(Br)Br. The van der Waals surface area contributed by atoms with Gasteiger partial charge in [-0.2, -0.15) is 8.75 Å². The zero-order chi connectivity index (χ0) is 10.8. The van der Waals surface area contributed by atoms with E-state index in [9.17, 15) is 0 Å². The molecule has 0 aliphatic carbocycles. The molecule has 0 aliphatic rings. The third-order valence-corrected chi connectivity index (χ3v) is 3.67. The fraction of sp³-hybridized carbons (Fsp3) is 0.125. The average molecular weight is 369 g/mol. The molecule has 0 fully saturated rings. The highest BCUT2D eigenvalue weighted by molar-refractivity contribution is 9.24. The molecule has 0 bridgehead atoms. The van der Waals surface area contributed by atoms with Crippen LogP contribution >= 0.6 is 55.2 Å². The minimum atomic E-state index is 0.0424. The van der Waals surface area contributed by atoms with E-state index < -0.39 is 0 Å². The summed E-state index contributed by atoms with van der Waals surface area (Å²) in [5, 5.41) is 0.412. The summed E-state index contributed by atoms with van der Waals surface area (Å²) in [6, 6.07) is 1.90. The van der Waals surface area contributed by atoms with Gasteiger partial charge in [0.05, 0.1) is 15.5 Å². The Bertz CT molecular complexity index is 474. The van der Waals surface area contributed by atoms with E-state index in [2.05, 4.69) is 45.6 Å². The van der Waals surface area contributed by atoms with Crippen LogP contribution in [0.25, 0.3) is 11.3 Å². The van der Waals surface area contributed by atoms with Gasteiger partial charge in [0.25, 0.3) is 0 Å². The van der Waals surface area contributed by atoms with Crippen molar-refractivity contribution in [2.45, 2.75) is 3.74 Å². The van der Waals surface area contributed by atoms with E-state index in [1.54, 1.807) is 12.4 Å². The molecule has 0 saturated carbocycles. The number of hydrogen-bond donors (Lipinski definition) is 0. The molecule has 78 valence electrons. The maximum absolute atomic E-state index is 5.93. The van der Waals surface area contributed by atoms with E-state index in [1.807, 2.05) is 6.07 Å². The molecule has 15 heavy (non-hydrogen) atoms. The highest BCUT2D eigenvalue weighted by atomic mass is 79.9. The molecule has 0 amide bonds. The molecule has 3 nitrogen and oxygen atoms in total. The lowest BCUT2D eigenvalue weighted by atomic mass is 10.1. The van der Waals surface area contributed by atoms with Crippen molar-refractivity contribution in [1.29, 1.82) is 0 Å². The Morgan fingerprint density at radius 2 is 2.13 bits per heavy atom. The molecule has 7 heteroatoms. The largest absolute Gasteiger partial charge is 0.264 e. The van der Waals surface area contributed by atoms with E-state index in [0.717, 1.165) is 22.9 Å². The predicted molar refractivity (Wildman–Crippen MR) is 68.7 cm³/mol. The Morgan fingerprint density at radius 1 is 1.33 bits per heavy atom. The van der Waals surface area contributed by atoms with Gasteiger partial charge >= 0.3 is 0 Å². The zero-order valence-corrected chi connectivity index (χ0v) is 11.9. The van der Waals surface area contributed by atoms with E-state index in [0.29, 0.717) is 10.8 Å². The van der Waals surface area contributed by atoms with Gasteiger partial charge in [0, 0.05) is 18.0 Å². The quantitative estimate of drug-likeness (QED) is 0.750. The second-order valence-electron chi connectivity index (χ2n) is 2.67. The van der Waals surface area contributed by atoms with Crippen molar-refractivity contribution < 1.29 is 0 Å². The molecule has 2 rings (SSSR count). The summed E-state index contributed by atoms with van der Waals surface area (Å²) >= 11 is 13.9. The molecule has 0 radical (unpaired) electrons. The first-order valence-corrected chi connectivity index (χ1v) is 6.84. The number of pyridine rings is 1. The lowest BCUT2D eigenvalue weighted by Crippen LogP contribution is -1.90. The Kier molecular flexibility index (Phi) is 3.71. The normalized spacial score (nSPS) is 10.9. The number of halogens is 3. The third-order valence-electron chi connectivity index (χ3n) is 1.79. The molecule has 0 saturated heterocycles. The summed E-state index contributed by atoms with van der Waals surface area (Å²) in [5.74, 6) is 0. The molecule has 2 aromatic rings. The molecule has 0 unspecified atom stereocenters. The van der Waals surface area contributed by atoms with Crippen molar-refractivity contribution in [2.24, 2.45) is 0 Å². The third kappa shape index (κ3) is 2.38. The van der Waals surface area contributed by atoms with Crippen molar-refractivity contribution in [3.05, 3.63) is 29.2 Å². The van der Waals surface area contributed by atoms with Crippen LogP contribution in [0.3, 0.4) is 0 Å². The van der Waals surface area contributed by atoms with Crippen LogP contribution in [0.4, 0.5) is 0 Å². The second-order valence-corrected chi connectivity index (χ2v) is 6.61. The smallest absolute Gasteiger partial charge is 0.170 e. The molecule has 2 aromatic heterocycles. The van der Waals surface area contributed by atoms with Crippen LogP contribution in [-0.4, -0.2) is 13.7 Å². The summed E-state index contributed by atoms with van der Waals surface area (Å²) in [4.78, 5) is 4.06. The number of rotatable bonds is 2.